The van der Waals surface area contributed by atoms with Gasteiger partial charge in [-0.15, -0.1) is 0 Å². The lowest BCUT2D eigenvalue weighted by Gasteiger charge is -2.06. The number of hydrogen-bond acceptors (Lipinski definition) is 1. The van der Waals surface area contributed by atoms with Gasteiger partial charge in [0.05, 0.1) is 0 Å². The molecule has 1 N–H and O–H groups in total. The minimum atomic E-state index is -0.396. The number of nitrogens with zero attached hydrogens (tertiary/aromatic N) is 1. The molecule has 20 heavy (non-hydrogen) atoms. The van der Waals surface area contributed by atoms with Crippen LogP contribution in [-0.4, -0.2) is 17.0 Å². The second-order valence-corrected chi connectivity index (χ2v) is 4.97. The van der Waals surface area contributed by atoms with E-state index in [-0.39, 0.29) is 5.91 Å². The van der Waals surface area contributed by atoms with Crippen molar-refractivity contribution in [1.82, 2.24) is 9.88 Å². The van der Waals surface area contributed by atoms with Crippen LogP contribution >= 0.6 is 0 Å². The van der Waals surface area contributed by atoms with Crippen molar-refractivity contribution in [3.8, 4) is 0 Å². The number of rotatable bonds is 4. The molecule has 3 nitrogen and oxygen atoms in total. The summed E-state index contributed by atoms with van der Waals surface area (Å²) >= 11 is 0. The van der Waals surface area contributed by atoms with E-state index in [4.69, 9.17) is 0 Å². The molecule has 0 saturated carbocycles. The second-order valence-electron chi connectivity index (χ2n) is 4.97. The lowest BCUT2D eigenvalue weighted by molar-refractivity contribution is 0.0953. The molecule has 0 aliphatic heterocycles. The van der Waals surface area contributed by atoms with Crippen molar-refractivity contribution in [3.63, 3.8) is 0 Å². The summed E-state index contributed by atoms with van der Waals surface area (Å²) < 4.78 is 15.2. The van der Waals surface area contributed by atoms with Crippen LogP contribution in [-0.2, 0) is 13.5 Å². The summed E-state index contributed by atoms with van der Waals surface area (Å²) in [5, 5.41) is 2.82. The lowest BCUT2D eigenvalue weighted by Crippen LogP contribution is -2.25. The Morgan fingerprint density at radius 3 is 2.65 bits per heavy atom. The second kappa shape index (κ2) is 5.90. The third-order valence-corrected chi connectivity index (χ3v) is 3.65. The van der Waals surface area contributed by atoms with Crippen molar-refractivity contribution in [2.24, 2.45) is 7.05 Å². The molecule has 0 aliphatic carbocycles. The first kappa shape index (κ1) is 14.3. The standard InChI is InChI=1S/C16H19FN2O/c1-11-9-13(12(2)19(11)3)7-8-18-16(20)14-5-4-6-15(17)10-14/h4-6,9-10H,7-8H2,1-3H3,(H,18,20). The maximum Gasteiger partial charge on any atom is 0.251 e. The SMILES string of the molecule is Cc1cc(CCNC(=O)c2cccc(F)c2)c(C)n1C. The van der Waals surface area contributed by atoms with Gasteiger partial charge in [-0.2, -0.15) is 0 Å². The van der Waals surface area contributed by atoms with Crippen LogP contribution in [0.25, 0.3) is 0 Å². The minimum absolute atomic E-state index is 0.241. The molecule has 0 fully saturated rings. The summed E-state index contributed by atoms with van der Waals surface area (Å²) in [6.07, 6.45) is 0.772. The van der Waals surface area contributed by atoms with Gasteiger partial charge in [0.25, 0.3) is 5.91 Å². The number of aryl methyl sites for hydroxylation is 1. The fourth-order valence-electron chi connectivity index (χ4n) is 2.23. The number of aromatic nitrogens is 1. The van der Waals surface area contributed by atoms with E-state index in [1.807, 2.05) is 7.05 Å². The van der Waals surface area contributed by atoms with Crippen LogP contribution in [0.2, 0.25) is 0 Å². The molecule has 1 aromatic heterocycles. The molecule has 1 amide bonds. The van der Waals surface area contributed by atoms with Gasteiger partial charge in [-0.3, -0.25) is 4.79 Å². The number of halogens is 1. The van der Waals surface area contributed by atoms with Crippen molar-refractivity contribution >= 4 is 5.91 Å². The zero-order valence-electron chi connectivity index (χ0n) is 12.0. The van der Waals surface area contributed by atoms with Gasteiger partial charge in [0.1, 0.15) is 5.82 Å². The average molecular weight is 274 g/mol. The van der Waals surface area contributed by atoms with E-state index in [1.165, 1.54) is 35.2 Å². The van der Waals surface area contributed by atoms with Gasteiger partial charge < -0.3 is 9.88 Å². The normalized spacial score (nSPS) is 10.6. The molecular formula is C16H19FN2O. The van der Waals surface area contributed by atoms with E-state index in [1.54, 1.807) is 6.07 Å². The fourth-order valence-corrected chi connectivity index (χ4v) is 2.23. The van der Waals surface area contributed by atoms with E-state index in [0.717, 1.165) is 6.42 Å². The van der Waals surface area contributed by atoms with Gasteiger partial charge in [-0.1, -0.05) is 6.07 Å². The summed E-state index contributed by atoms with van der Waals surface area (Å²) in [5.41, 5.74) is 3.99. The Hall–Kier alpha value is -2.10. The highest BCUT2D eigenvalue weighted by atomic mass is 19.1. The summed E-state index contributed by atoms with van der Waals surface area (Å²) in [6, 6.07) is 7.84. The Kier molecular flexibility index (Phi) is 4.23. The van der Waals surface area contributed by atoms with Crippen LogP contribution in [0.5, 0.6) is 0 Å². The van der Waals surface area contributed by atoms with E-state index in [0.29, 0.717) is 12.1 Å². The molecule has 0 aliphatic rings. The average Bonchev–Trinajstić information content (AvgIpc) is 2.66. The van der Waals surface area contributed by atoms with E-state index >= 15 is 0 Å². The van der Waals surface area contributed by atoms with Gasteiger partial charge >= 0.3 is 0 Å². The van der Waals surface area contributed by atoms with Gasteiger partial charge in [0, 0.05) is 30.5 Å². The molecule has 0 bridgehead atoms. The maximum atomic E-state index is 13.0. The Labute approximate surface area is 118 Å². The van der Waals surface area contributed by atoms with Crippen LogP contribution < -0.4 is 5.32 Å². The van der Waals surface area contributed by atoms with E-state index < -0.39 is 5.82 Å². The predicted octanol–water partition coefficient (Wildman–Crippen LogP) is 2.75. The van der Waals surface area contributed by atoms with Crippen molar-refractivity contribution in [1.29, 1.82) is 0 Å². The maximum absolute atomic E-state index is 13.0. The quantitative estimate of drug-likeness (QED) is 0.914. The number of nitrogens with one attached hydrogen (secondary N) is 1. The highest BCUT2D eigenvalue weighted by molar-refractivity contribution is 5.94. The largest absolute Gasteiger partial charge is 0.352 e. The Balaban J connectivity index is 1.93. The number of benzene rings is 1. The summed E-state index contributed by atoms with van der Waals surface area (Å²) in [5.74, 6) is -0.637. The molecule has 1 heterocycles. The lowest BCUT2D eigenvalue weighted by atomic mass is 10.1. The van der Waals surface area contributed by atoms with Gasteiger partial charge in [-0.25, -0.2) is 4.39 Å². The number of carbonyl (C=O) groups is 1. The van der Waals surface area contributed by atoms with Crippen molar-refractivity contribution in [3.05, 3.63) is 58.7 Å². The molecule has 0 radical (unpaired) electrons. The van der Waals surface area contributed by atoms with Crippen molar-refractivity contribution < 1.29 is 9.18 Å². The smallest absolute Gasteiger partial charge is 0.251 e. The first-order chi connectivity index (χ1) is 9.49. The molecule has 0 unspecified atom stereocenters. The number of hydrogen-bond donors (Lipinski definition) is 1. The Morgan fingerprint density at radius 2 is 2.05 bits per heavy atom. The number of amides is 1. The Morgan fingerprint density at radius 1 is 1.30 bits per heavy atom. The van der Waals surface area contributed by atoms with Crippen LogP contribution in [0.4, 0.5) is 4.39 Å². The number of carbonyl (C=O) groups excluding carboxylic acids is 1. The molecule has 2 aromatic rings. The van der Waals surface area contributed by atoms with E-state index in [9.17, 15) is 9.18 Å². The topological polar surface area (TPSA) is 34.0 Å². The zero-order valence-corrected chi connectivity index (χ0v) is 12.0. The highest BCUT2D eigenvalue weighted by Crippen LogP contribution is 2.13. The van der Waals surface area contributed by atoms with Gasteiger partial charge in [0.15, 0.2) is 0 Å². The third-order valence-electron chi connectivity index (χ3n) is 3.65. The van der Waals surface area contributed by atoms with Crippen LogP contribution in [0, 0.1) is 19.7 Å². The monoisotopic (exact) mass is 274 g/mol. The molecule has 2 rings (SSSR count). The van der Waals surface area contributed by atoms with E-state index in [2.05, 4.69) is 29.8 Å². The summed E-state index contributed by atoms with van der Waals surface area (Å²) in [7, 11) is 2.03. The fraction of sp³-hybridized carbons (Fsp3) is 0.312. The van der Waals surface area contributed by atoms with Crippen LogP contribution in [0.1, 0.15) is 27.3 Å². The van der Waals surface area contributed by atoms with Gasteiger partial charge in [0.2, 0.25) is 0 Å². The molecule has 0 atom stereocenters. The Bertz CT molecular complexity index is 631. The zero-order chi connectivity index (χ0) is 14.7. The first-order valence-corrected chi connectivity index (χ1v) is 6.64. The first-order valence-electron chi connectivity index (χ1n) is 6.64. The van der Waals surface area contributed by atoms with Crippen molar-refractivity contribution in [2.45, 2.75) is 20.3 Å². The van der Waals surface area contributed by atoms with Crippen molar-refractivity contribution in [2.75, 3.05) is 6.54 Å². The molecule has 4 heteroatoms. The molecule has 106 valence electrons. The summed E-state index contributed by atoms with van der Waals surface area (Å²) in [4.78, 5) is 11.9. The molecule has 1 aromatic carbocycles. The van der Waals surface area contributed by atoms with Gasteiger partial charge in [-0.05, 0) is 50.1 Å². The highest BCUT2D eigenvalue weighted by Gasteiger charge is 2.08. The van der Waals surface area contributed by atoms with Crippen LogP contribution in [0.15, 0.2) is 30.3 Å². The molecular weight excluding hydrogens is 255 g/mol. The minimum Gasteiger partial charge on any atom is -0.352 e. The molecule has 0 saturated heterocycles. The van der Waals surface area contributed by atoms with Crippen LogP contribution in [0.3, 0.4) is 0 Å². The molecule has 0 spiro atoms. The summed E-state index contributed by atoms with van der Waals surface area (Å²) in [6.45, 7) is 4.66. The predicted molar refractivity (Wildman–Crippen MR) is 77.3 cm³/mol. The third kappa shape index (κ3) is 3.07.